The van der Waals surface area contributed by atoms with Crippen LogP contribution in [0.1, 0.15) is 34.5 Å². The molecule has 1 fully saturated rings. The Bertz CT molecular complexity index is 1290. The third kappa shape index (κ3) is 5.90. The van der Waals surface area contributed by atoms with Crippen molar-refractivity contribution in [2.24, 2.45) is 0 Å². The van der Waals surface area contributed by atoms with Crippen molar-refractivity contribution >= 4 is 17.9 Å². The summed E-state index contributed by atoms with van der Waals surface area (Å²) in [5.41, 5.74) is -1.17. The minimum atomic E-state index is -4.72. The summed E-state index contributed by atoms with van der Waals surface area (Å²) in [5, 5.41) is 2.52. The Hall–Kier alpha value is -3.93. The molecule has 0 aromatic heterocycles. The molecule has 2 aliphatic heterocycles. The van der Waals surface area contributed by atoms with Crippen molar-refractivity contribution in [3.8, 4) is 0 Å². The van der Waals surface area contributed by atoms with Crippen LogP contribution in [0.4, 0.5) is 22.4 Å². The van der Waals surface area contributed by atoms with Crippen LogP contribution in [0.15, 0.2) is 59.8 Å². The Morgan fingerprint density at radius 2 is 1.67 bits per heavy atom. The molecule has 2 aromatic carbocycles. The highest BCUT2D eigenvalue weighted by Gasteiger charge is 2.42. The zero-order valence-corrected chi connectivity index (χ0v) is 21.4. The van der Waals surface area contributed by atoms with Crippen LogP contribution in [0.2, 0.25) is 0 Å². The number of carbonyl (C=O) groups excluding carboxylic acids is 3. The molecule has 0 radical (unpaired) electrons. The van der Waals surface area contributed by atoms with Crippen LogP contribution in [0.25, 0.3) is 0 Å². The van der Waals surface area contributed by atoms with Gasteiger partial charge in [0.05, 0.1) is 29.3 Å². The lowest BCUT2D eigenvalue weighted by atomic mass is 9.90. The summed E-state index contributed by atoms with van der Waals surface area (Å²) in [7, 11) is 1.42. The molecule has 2 aliphatic rings. The molecule has 4 rings (SSSR count). The van der Waals surface area contributed by atoms with E-state index in [0.29, 0.717) is 13.1 Å². The number of halogens is 4. The van der Waals surface area contributed by atoms with Gasteiger partial charge in [-0.05, 0) is 30.7 Å². The summed E-state index contributed by atoms with van der Waals surface area (Å²) in [6, 6.07) is 8.40. The van der Waals surface area contributed by atoms with Gasteiger partial charge >= 0.3 is 18.2 Å². The fourth-order valence-corrected chi connectivity index (χ4v) is 4.76. The van der Waals surface area contributed by atoms with Crippen LogP contribution >= 0.6 is 0 Å². The van der Waals surface area contributed by atoms with Crippen molar-refractivity contribution in [2.75, 3.05) is 46.4 Å². The molecule has 39 heavy (non-hydrogen) atoms. The molecule has 1 saturated heterocycles. The van der Waals surface area contributed by atoms with E-state index in [4.69, 9.17) is 4.74 Å². The van der Waals surface area contributed by atoms with Gasteiger partial charge in [-0.2, -0.15) is 13.2 Å². The van der Waals surface area contributed by atoms with Crippen LogP contribution in [-0.4, -0.2) is 79.0 Å². The largest absolute Gasteiger partial charge is 0.463 e. The normalized spacial score (nSPS) is 18.7. The summed E-state index contributed by atoms with van der Waals surface area (Å²) >= 11 is 0. The van der Waals surface area contributed by atoms with Crippen molar-refractivity contribution in [1.82, 2.24) is 20.0 Å². The lowest BCUT2D eigenvalue weighted by Crippen LogP contribution is -2.53. The number of likely N-dealkylation sites (N-methyl/N-ethyl adjacent to an activating group) is 1. The number of nitrogens with one attached hydrogen (secondary N) is 1. The Kier molecular flexibility index (Phi) is 8.24. The first-order valence-electron chi connectivity index (χ1n) is 12.4. The van der Waals surface area contributed by atoms with Crippen molar-refractivity contribution in [3.63, 3.8) is 0 Å². The number of esters is 1. The van der Waals surface area contributed by atoms with Gasteiger partial charge in [0.15, 0.2) is 0 Å². The number of ether oxygens (including phenoxy) is 1. The minimum absolute atomic E-state index is 0.0161. The lowest BCUT2D eigenvalue weighted by Gasteiger charge is -2.39. The number of hydrogen-bond donors (Lipinski definition) is 1. The van der Waals surface area contributed by atoms with E-state index in [-0.39, 0.29) is 48.6 Å². The molecule has 1 unspecified atom stereocenters. The number of nitrogens with zero attached hydrogens (tertiary/aromatic N) is 3. The summed E-state index contributed by atoms with van der Waals surface area (Å²) in [5.74, 6) is -1.90. The van der Waals surface area contributed by atoms with E-state index in [9.17, 15) is 31.9 Å². The van der Waals surface area contributed by atoms with Gasteiger partial charge in [-0.25, -0.2) is 14.0 Å². The topological polar surface area (TPSA) is 82.2 Å². The Balaban J connectivity index is 1.64. The zero-order valence-electron chi connectivity index (χ0n) is 21.4. The summed E-state index contributed by atoms with van der Waals surface area (Å²) in [6.45, 7) is 2.78. The fraction of sp³-hybridized carbons (Fsp3) is 0.370. The first-order valence-corrected chi connectivity index (χ1v) is 12.4. The number of urea groups is 1. The average Bonchev–Trinajstić information content (AvgIpc) is 2.91. The quantitative estimate of drug-likeness (QED) is 0.439. The van der Waals surface area contributed by atoms with Crippen LogP contribution in [0, 0.1) is 5.82 Å². The van der Waals surface area contributed by atoms with Gasteiger partial charge in [0, 0.05) is 45.5 Å². The van der Waals surface area contributed by atoms with Crippen molar-refractivity contribution < 1.29 is 36.7 Å². The second-order valence-electron chi connectivity index (χ2n) is 9.16. The SMILES string of the molecule is CCOC(=O)C1=C(CN2CCN(C(=O)c3ccccc3F)CC2)N(C)C(=O)NC1c1ccccc1C(F)(F)F. The van der Waals surface area contributed by atoms with Gasteiger partial charge in [-0.3, -0.25) is 14.6 Å². The van der Waals surface area contributed by atoms with Gasteiger partial charge in [-0.15, -0.1) is 0 Å². The molecule has 1 atom stereocenters. The third-order valence-electron chi connectivity index (χ3n) is 6.79. The molecule has 0 saturated carbocycles. The maximum Gasteiger partial charge on any atom is 0.416 e. The van der Waals surface area contributed by atoms with Crippen molar-refractivity contribution in [1.29, 1.82) is 0 Å². The van der Waals surface area contributed by atoms with Crippen molar-refractivity contribution in [3.05, 3.63) is 82.3 Å². The number of hydrogen-bond acceptors (Lipinski definition) is 5. The summed E-state index contributed by atoms with van der Waals surface area (Å²) < 4.78 is 60.9. The van der Waals surface area contributed by atoms with E-state index in [1.165, 1.54) is 53.2 Å². The summed E-state index contributed by atoms with van der Waals surface area (Å²) in [4.78, 5) is 43.4. The van der Waals surface area contributed by atoms with Crippen LogP contribution in [0.3, 0.4) is 0 Å². The monoisotopic (exact) mass is 548 g/mol. The third-order valence-corrected chi connectivity index (χ3v) is 6.79. The highest BCUT2D eigenvalue weighted by atomic mass is 19.4. The first kappa shape index (κ1) is 28.1. The van der Waals surface area contributed by atoms with E-state index in [0.717, 1.165) is 6.07 Å². The van der Waals surface area contributed by atoms with E-state index >= 15 is 0 Å². The highest BCUT2D eigenvalue weighted by Crippen LogP contribution is 2.39. The van der Waals surface area contributed by atoms with Gasteiger partial charge in [0.25, 0.3) is 5.91 Å². The van der Waals surface area contributed by atoms with Gasteiger partial charge < -0.3 is 15.0 Å². The smallest absolute Gasteiger partial charge is 0.416 e. The van der Waals surface area contributed by atoms with E-state index in [1.807, 2.05) is 4.90 Å². The number of rotatable bonds is 6. The standard InChI is InChI=1S/C27H28F4N4O4/c1-3-39-25(37)22-21(16-34-12-14-35(15-13-34)24(36)18-9-5-7-11-20(18)28)33(2)26(38)32-23(22)17-8-4-6-10-19(17)27(29,30)31/h4-11,23H,3,12-16H2,1-2H3,(H,32,38). The van der Waals surface area contributed by atoms with Gasteiger partial charge in [0.2, 0.25) is 0 Å². The first-order chi connectivity index (χ1) is 18.5. The Labute approximate surface area is 222 Å². The molecule has 0 bridgehead atoms. The second kappa shape index (κ2) is 11.4. The predicted molar refractivity (Wildman–Crippen MR) is 133 cm³/mol. The lowest BCUT2D eigenvalue weighted by molar-refractivity contribution is -0.141. The van der Waals surface area contributed by atoms with Crippen LogP contribution in [0.5, 0.6) is 0 Å². The number of benzene rings is 2. The molecule has 0 aliphatic carbocycles. The highest BCUT2D eigenvalue weighted by molar-refractivity contribution is 5.95. The molecule has 2 heterocycles. The van der Waals surface area contributed by atoms with E-state index in [1.54, 1.807) is 13.0 Å². The van der Waals surface area contributed by atoms with E-state index < -0.39 is 41.5 Å². The molecule has 8 nitrogen and oxygen atoms in total. The van der Waals surface area contributed by atoms with Crippen LogP contribution < -0.4 is 5.32 Å². The number of amides is 3. The molecular weight excluding hydrogens is 520 g/mol. The molecule has 2 aromatic rings. The maximum absolute atomic E-state index is 14.1. The number of piperazine rings is 1. The molecular formula is C27H28F4N4O4. The fourth-order valence-electron chi connectivity index (χ4n) is 4.76. The predicted octanol–water partition coefficient (Wildman–Crippen LogP) is 3.82. The number of alkyl halides is 3. The molecule has 208 valence electrons. The Morgan fingerprint density at radius 1 is 1.03 bits per heavy atom. The second-order valence-corrected chi connectivity index (χ2v) is 9.16. The maximum atomic E-state index is 14.1. The zero-order chi connectivity index (χ0) is 28.3. The molecule has 0 spiro atoms. The molecule has 12 heteroatoms. The average molecular weight is 549 g/mol. The molecule has 3 amide bonds. The Morgan fingerprint density at radius 3 is 2.31 bits per heavy atom. The summed E-state index contributed by atoms with van der Waals surface area (Å²) in [6.07, 6.45) is -4.72. The molecule has 1 N–H and O–H groups in total. The van der Waals surface area contributed by atoms with Gasteiger partial charge in [-0.1, -0.05) is 30.3 Å². The van der Waals surface area contributed by atoms with E-state index in [2.05, 4.69) is 5.32 Å². The minimum Gasteiger partial charge on any atom is -0.463 e. The van der Waals surface area contributed by atoms with Crippen molar-refractivity contribution in [2.45, 2.75) is 19.1 Å². The number of carbonyl (C=O) groups is 3. The van der Waals surface area contributed by atoms with Gasteiger partial charge in [0.1, 0.15) is 5.82 Å². The van der Waals surface area contributed by atoms with Crippen LogP contribution in [-0.2, 0) is 15.7 Å².